The summed E-state index contributed by atoms with van der Waals surface area (Å²) in [4.78, 5) is 35.3. The van der Waals surface area contributed by atoms with Gasteiger partial charge in [-0.05, 0) is 19.3 Å². The number of carbonyl (C=O) groups is 3. The van der Waals surface area contributed by atoms with E-state index in [0.717, 1.165) is 0 Å². The second-order valence-electron chi connectivity index (χ2n) is 6.54. The largest absolute Gasteiger partial charge is 0.463 e. The zero-order chi connectivity index (χ0) is 20.4. The average Bonchev–Trinajstić information content (AvgIpc) is 2.60. The summed E-state index contributed by atoms with van der Waals surface area (Å²) in [6.45, 7) is 5.16. The highest BCUT2D eigenvalue weighted by Crippen LogP contribution is 2.24. The molecule has 1 saturated heterocycles. The van der Waals surface area contributed by atoms with Crippen LogP contribution in [0.25, 0.3) is 0 Å². The Morgan fingerprint density at radius 1 is 0.963 bits per heavy atom. The van der Waals surface area contributed by atoms with Crippen LogP contribution < -0.4 is 5.32 Å². The van der Waals surface area contributed by atoms with Gasteiger partial charge in [0.05, 0.1) is 0 Å². The summed E-state index contributed by atoms with van der Waals surface area (Å²) in [6.07, 6.45) is -2.85. The fourth-order valence-corrected chi connectivity index (χ4v) is 2.72. The van der Waals surface area contributed by atoms with Crippen molar-refractivity contribution in [1.29, 1.82) is 0 Å². The molecule has 3 N–H and O–H groups in total. The van der Waals surface area contributed by atoms with Gasteiger partial charge in [0.25, 0.3) is 0 Å². The van der Waals surface area contributed by atoms with E-state index in [9.17, 15) is 24.6 Å². The highest BCUT2D eigenvalue weighted by Gasteiger charge is 2.47. The minimum atomic E-state index is -1.53. The molecule has 0 aromatic carbocycles. The molecule has 27 heavy (non-hydrogen) atoms. The molecule has 1 heterocycles. The van der Waals surface area contributed by atoms with Crippen LogP contribution in [-0.4, -0.2) is 65.3 Å². The Morgan fingerprint density at radius 2 is 1.56 bits per heavy atom. The van der Waals surface area contributed by atoms with Gasteiger partial charge in [-0.3, -0.25) is 14.4 Å². The van der Waals surface area contributed by atoms with Crippen LogP contribution in [0.1, 0.15) is 59.3 Å². The lowest BCUT2D eigenvalue weighted by molar-refractivity contribution is -0.261. The first kappa shape index (κ1) is 23.3. The van der Waals surface area contributed by atoms with Gasteiger partial charge in [0, 0.05) is 19.3 Å². The summed E-state index contributed by atoms with van der Waals surface area (Å²) in [6, 6.07) is -1.16. The number of hydrogen-bond donors (Lipinski definition) is 3. The number of nitrogens with one attached hydrogen (secondary N) is 1. The first-order valence-electron chi connectivity index (χ1n) is 9.50. The normalized spacial score (nSPS) is 27.7. The standard InChI is InChI=1S/C18H31NO8/c1-4-7-12(20)19-15-16(23)17(27-14(22)9-6-3)11(26-18(15)24)10-25-13(21)8-5-2/h11,15-18,23-24H,4-10H2,1-3H3,(H,19,20)/t11-,15-,16-,17-,18?/m1/s1. The molecule has 0 aromatic rings. The summed E-state index contributed by atoms with van der Waals surface area (Å²) in [7, 11) is 0. The third-order valence-corrected chi connectivity index (χ3v) is 4.08. The van der Waals surface area contributed by atoms with E-state index in [2.05, 4.69) is 5.32 Å². The van der Waals surface area contributed by atoms with Crippen molar-refractivity contribution >= 4 is 17.8 Å². The van der Waals surface area contributed by atoms with E-state index in [1.165, 1.54) is 0 Å². The van der Waals surface area contributed by atoms with Crippen LogP contribution in [0.2, 0.25) is 0 Å². The molecule has 5 atom stereocenters. The molecule has 1 unspecified atom stereocenters. The third-order valence-electron chi connectivity index (χ3n) is 4.08. The molecule has 156 valence electrons. The molecule has 0 aliphatic carbocycles. The molecule has 0 bridgehead atoms. The maximum Gasteiger partial charge on any atom is 0.306 e. The SMILES string of the molecule is CCCC(=O)N[C@H]1C(O)O[C@H](COC(=O)CCC)[C@@H](OC(=O)CCC)[C@@H]1O. The molecule has 0 saturated carbocycles. The van der Waals surface area contributed by atoms with Crippen molar-refractivity contribution in [2.75, 3.05) is 6.61 Å². The van der Waals surface area contributed by atoms with Crippen molar-refractivity contribution in [2.24, 2.45) is 0 Å². The lowest BCUT2D eigenvalue weighted by Gasteiger charge is -2.42. The van der Waals surface area contributed by atoms with Gasteiger partial charge < -0.3 is 29.7 Å². The number of carbonyl (C=O) groups excluding carboxylic acids is 3. The Balaban J connectivity index is 2.87. The second-order valence-corrected chi connectivity index (χ2v) is 6.54. The second kappa shape index (κ2) is 11.9. The van der Waals surface area contributed by atoms with Gasteiger partial charge in [0.1, 0.15) is 24.9 Å². The van der Waals surface area contributed by atoms with Gasteiger partial charge in [0.2, 0.25) is 5.91 Å². The molecule has 0 aromatic heterocycles. The zero-order valence-corrected chi connectivity index (χ0v) is 16.2. The molecule has 1 aliphatic rings. The van der Waals surface area contributed by atoms with Crippen molar-refractivity contribution < 1.29 is 38.8 Å². The third kappa shape index (κ3) is 7.43. The number of aliphatic hydroxyl groups is 2. The van der Waals surface area contributed by atoms with Crippen molar-refractivity contribution in [3.63, 3.8) is 0 Å². The maximum absolute atomic E-state index is 11.9. The maximum atomic E-state index is 11.9. The van der Waals surface area contributed by atoms with Crippen LogP contribution in [0.3, 0.4) is 0 Å². The molecule has 0 spiro atoms. The van der Waals surface area contributed by atoms with E-state index in [-0.39, 0.29) is 31.8 Å². The summed E-state index contributed by atoms with van der Waals surface area (Å²) in [5, 5.41) is 23.3. The van der Waals surface area contributed by atoms with E-state index in [4.69, 9.17) is 14.2 Å². The van der Waals surface area contributed by atoms with Gasteiger partial charge in [0.15, 0.2) is 12.4 Å². The topological polar surface area (TPSA) is 131 Å². The van der Waals surface area contributed by atoms with E-state index in [1.54, 1.807) is 6.92 Å². The van der Waals surface area contributed by atoms with Gasteiger partial charge in [-0.25, -0.2) is 0 Å². The summed E-state index contributed by atoms with van der Waals surface area (Å²) < 4.78 is 15.8. The summed E-state index contributed by atoms with van der Waals surface area (Å²) in [5.74, 6) is -1.37. The van der Waals surface area contributed by atoms with Gasteiger partial charge in [-0.15, -0.1) is 0 Å². The molecule has 1 amide bonds. The smallest absolute Gasteiger partial charge is 0.306 e. The first-order chi connectivity index (χ1) is 12.8. The lowest BCUT2D eigenvalue weighted by atomic mass is 9.96. The number of aliphatic hydroxyl groups excluding tert-OH is 2. The number of hydrogen-bond acceptors (Lipinski definition) is 8. The summed E-state index contributed by atoms with van der Waals surface area (Å²) in [5.41, 5.74) is 0. The van der Waals surface area contributed by atoms with E-state index >= 15 is 0 Å². The molecule has 9 nitrogen and oxygen atoms in total. The molecular weight excluding hydrogens is 358 g/mol. The first-order valence-corrected chi connectivity index (χ1v) is 9.50. The van der Waals surface area contributed by atoms with Crippen LogP contribution in [0, 0.1) is 0 Å². The van der Waals surface area contributed by atoms with Crippen LogP contribution in [0.5, 0.6) is 0 Å². The number of esters is 2. The van der Waals surface area contributed by atoms with Crippen molar-refractivity contribution in [3.05, 3.63) is 0 Å². The number of rotatable bonds is 10. The van der Waals surface area contributed by atoms with Gasteiger partial charge >= 0.3 is 11.9 Å². The number of amides is 1. The van der Waals surface area contributed by atoms with Crippen LogP contribution in [-0.2, 0) is 28.6 Å². The molecule has 9 heteroatoms. The summed E-state index contributed by atoms with van der Waals surface area (Å²) >= 11 is 0. The minimum Gasteiger partial charge on any atom is -0.463 e. The van der Waals surface area contributed by atoms with Gasteiger partial charge in [-0.1, -0.05) is 20.8 Å². The fraction of sp³-hybridized carbons (Fsp3) is 0.833. The molecule has 1 aliphatic heterocycles. The Hall–Kier alpha value is -1.71. The van der Waals surface area contributed by atoms with Crippen molar-refractivity contribution in [3.8, 4) is 0 Å². The van der Waals surface area contributed by atoms with Crippen molar-refractivity contribution in [2.45, 2.75) is 89.9 Å². The fourth-order valence-electron chi connectivity index (χ4n) is 2.72. The molecular formula is C18H31NO8. The quantitative estimate of drug-likeness (QED) is 0.458. The Bertz CT molecular complexity index is 496. The monoisotopic (exact) mass is 389 g/mol. The highest BCUT2D eigenvalue weighted by atomic mass is 16.7. The lowest BCUT2D eigenvalue weighted by Crippen LogP contribution is -2.65. The highest BCUT2D eigenvalue weighted by molar-refractivity contribution is 5.76. The molecule has 0 radical (unpaired) electrons. The van der Waals surface area contributed by atoms with Crippen molar-refractivity contribution in [1.82, 2.24) is 5.32 Å². The predicted octanol–water partition coefficient (Wildman–Crippen LogP) is 0.405. The van der Waals surface area contributed by atoms with Crippen LogP contribution in [0.4, 0.5) is 0 Å². The molecule has 1 rings (SSSR count). The molecule has 1 fully saturated rings. The number of ether oxygens (including phenoxy) is 3. The minimum absolute atomic E-state index is 0.140. The Kier molecular flexibility index (Phi) is 10.3. The van der Waals surface area contributed by atoms with Crippen LogP contribution in [0.15, 0.2) is 0 Å². The van der Waals surface area contributed by atoms with E-state index in [0.29, 0.717) is 19.3 Å². The van der Waals surface area contributed by atoms with E-state index < -0.39 is 42.6 Å². The van der Waals surface area contributed by atoms with E-state index in [1.807, 2.05) is 13.8 Å². The Labute approximate surface area is 159 Å². The Morgan fingerprint density at radius 3 is 2.15 bits per heavy atom. The van der Waals surface area contributed by atoms with Crippen LogP contribution >= 0.6 is 0 Å². The average molecular weight is 389 g/mol. The predicted molar refractivity (Wildman–Crippen MR) is 94.4 cm³/mol. The zero-order valence-electron chi connectivity index (χ0n) is 16.2. The van der Waals surface area contributed by atoms with Gasteiger partial charge in [-0.2, -0.15) is 0 Å².